The quantitative estimate of drug-likeness (QED) is 0.721. The molecule has 0 fully saturated rings. The Balaban J connectivity index is 2.67. The van der Waals surface area contributed by atoms with Gasteiger partial charge in [-0.15, -0.1) is 10.0 Å². The number of nitrogens with one attached hydrogen (secondary N) is 1. The zero-order valence-electron chi connectivity index (χ0n) is 8.24. The predicted molar refractivity (Wildman–Crippen MR) is 52.4 cm³/mol. The van der Waals surface area contributed by atoms with Gasteiger partial charge in [0.1, 0.15) is 11.8 Å². The molecule has 0 unspecified atom stereocenters. The summed E-state index contributed by atoms with van der Waals surface area (Å²) >= 11 is 0. The standard InChI is InChI=1S/C10H12FNO3/c1-15-8-4-2-7(3-5-8)6-9(12-11)10(13)14/h2-5,9,12H,6H2,1H3,(H,13,14)/t9-/m0/s1. The van der Waals surface area contributed by atoms with E-state index in [4.69, 9.17) is 9.84 Å². The number of hydrogen-bond donors (Lipinski definition) is 2. The first-order valence-electron chi connectivity index (χ1n) is 4.39. The molecule has 15 heavy (non-hydrogen) atoms. The van der Waals surface area contributed by atoms with Gasteiger partial charge in [-0.3, -0.25) is 4.79 Å². The van der Waals surface area contributed by atoms with E-state index in [2.05, 4.69) is 0 Å². The van der Waals surface area contributed by atoms with Crippen LogP contribution in [0.4, 0.5) is 4.48 Å². The molecule has 0 saturated carbocycles. The van der Waals surface area contributed by atoms with Gasteiger partial charge in [-0.2, -0.15) is 0 Å². The maximum Gasteiger partial charge on any atom is 0.323 e. The zero-order valence-corrected chi connectivity index (χ0v) is 8.24. The van der Waals surface area contributed by atoms with Crippen molar-refractivity contribution in [2.24, 2.45) is 0 Å². The van der Waals surface area contributed by atoms with Crippen LogP contribution in [0, 0.1) is 0 Å². The average Bonchev–Trinajstić information content (AvgIpc) is 2.26. The minimum Gasteiger partial charge on any atom is -0.497 e. The second-order valence-corrected chi connectivity index (χ2v) is 3.05. The minimum absolute atomic E-state index is 0.0931. The number of rotatable bonds is 5. The molecule has 0 radical (unpaired) electrons. The third-order valence-corrected chi connectivity index (χ3v) is 2.03. The first-order valence-corrected chi connectivity index (χ1v) is 4.39. The van der Waals surface area contributed by atoms with Crippen LogP contribution in [0.1, 0.15) is 5.56 Å². The highest BCUT2D eigenvalue weighted by Gasteiger charge is 2.17. The number of aliphatic carboxylic acids is 1. The van der Waals surface area contributed by atoms with Crippen molar-refractivity contribution >= 4 is 5.97 Å². The molecular weight excluding hydrogens is 201 g/mol. The fourth-order valence-corrected chi connectivity index (χ4v) is 1.17. The van der Waals surface area contributed by atoms with Gasteiger partial charge in [0.15, 0.2) is 0 Å². The summed E-state index contributed by atoms with van der Waals surface area (Å²) in [5.74, 6) is -0.535. The van der Waals surface area contributed by atoms with E-state index in [0.29, 0.717) is 5.75 Å². The van der Waals surface area contributed by atoms with Crippen LogP contribution in [0.3, 0.4) is 0 Å². The number of halogens is 1. The van der Waals surface area contributed by atoms with Crippen molar-refractivity contribution in [3.05, 3.63) is 29.8 Å². The molecule has 0 aliphatic carbocycles. The second kappa shape index (κ2) is 5.31. The van der Waals surface area contributed by atoms with Crippen LogP contribution in [0.2, 0.25) is 0 Å². The Morgan fingerprint density at radius 2 is 2.13 bits per heavy atom. The van der Waals surface area contributed by atoms with Crippen molar-refractivity contribution in [1.82, 2.24) is 5.54 Å². The summed E-state index contributed by atoms with van der Waals surface area (Å²) < 4.78 is 17.0. The van der Waals surface area contributed by atoms with Crippen molar-refractivity contribution in [3.63, 3.8) is 0 Å². The first kappa shape index (κ1) is 11.5. The van der Waals surface area contributed by atoms with Gasteiger partial charge >= 0.3 is 5.97 Å². The summed E-state index contributed by atoms with van der Waals surface area (Å²) in [6.07, 6.45) is 0.0931. The summed E-state index contributed by atoms with van der Waals surface area (Å²) in [6.45, 7) is 0. The highest BCUT2D eigenvalue weighted by Crippen LogP contribution is 2.12. The fraction of sp³-hybridized carbons (Fsp3) is 0.300. The van der Waals surface area contributed by atoms with E-state index in [1.807, 2.05) is 0 Å². The fourth-order valence-electron chi connectivity index (χ4n) is 1.17. The predicted octanol–water partition coefficient (Wildman–Crippen LogP) is 1.17. The van der Waals surface area contributed by atoms with E-state index < -0.39 is 12.0 Å². The molecule has 5 heteroatoms. The topological polar surface area (TPSA) is 58.6 Å². The van der Waals surface area contributed by atoms with Crippen LogP contribution in [-0.2, 0) is 11.2 Å². The van der Waals surface area contributed by atoms with Crippen LogP contribution in [0.5, 0.6) is 5.75 Å². The number of ether oxygens (including phenoxy) is 1. The van der Waals surface area contributed by atoms with Gasteiger partial charge in [0.05, 0.1) is 7.11 Å². The van der Waals surface area contributed by atoms with Gasteiger partial charge in [0.2, 0.25) is 0 Å². The summed E-state index contributed by atoms with van der Waals surface area (Å²) in [5.41, 5.74) is 1.98. The number of carbonyl (C=O) groups is 1. The summed E-state index contributed by atoms with van der Waals surface area (Å²) in [5, 5.41) is 8.61. The Morgan fingerprint density at radius 3 is 2.53 bits per heavy atom. The molecule has 4 nitrogen and oxygen atoms in total. The average molecular weight is 213 g/mol. The Kier molecular flexibility index (Phi) is 4.05. The van der Waals surface area contributed by atoms with Crippen molar-refractivity contribution < 1.29 is 19.1 Å². The van der Waals surface area contributed by atoms with E-state index >= 15 is 0 Å². The number of carboxylic acids is 1. The molecule has 1 aromatic rings. The largest absolute Gasteiger partial charge is 0.497 e. The highest BCUT2D eigenvalue weighted by molar-refractivity contribution is 5.73. The molecule has 0 heterocycles. The molecule has 82 valence electrons. The smallest absolute Gasteiger partial charge is 0.323 e. The summed E-state index contributed by atoms with van der Waals surface area (Å²) in [7, 11) is 1.54. The molecule has 0 aromatic heterocycles. The normalized spacial score (nSPS) is 12.1. The number of hydrogen-bond acceptors (Lipinski definition) is 3. The monoisotopic (exact) mass is 213 g/mol. The minimum atomic E-state index is -1.21. The molecule has 0 spiro atoms. The van der Waals surface area contributed by atoms with Crippen LogP contribution in [0.15, 0.2) is 24.3 Å². The number of methoxy groups -OCH3 is 1. The molecule has 1 atom stereocenters. The maximum absolute atomic E-state index is 12.1. The van der Waals surface area contributed by atoms with E-state index in [9.17, 15) is 9.28 Å². The lowest BCUT2D eigenvalue weighted by Crippen LogP contribution is -2.33. The van der Waals surface area contributed by atoms with Gasteiger partial charge in [-0.25, -0.2) is 0 Å². The van der Waals surface area contributed by atoms with E-state index in [1.165, 1.54) is 12.6 Å². The van der Waals surface area contributed by atoms with Crippen molar-refractivity contribution in [2.45, 2.75) is 12.5 Å². The lowest BCUT2D eigenvalue weighted by atomic mass is 10.1. The number of benzene rings is 1. The molecule has 0 bridgehead atoms. The maximum atomic E-state index is 12.1. The molecule has 2 N–H and O–H groups in total. The second-order valence-electron chi connectivity index (χ2n) is 3.05. The Hall–Kier alpha value is -1.62. The molecule has 0 saturated heterocycles. The molecule has 0 aliphatic rings. The number of carboxylic acid groups (broad SMARTS) is 1. The Labute approximate surface area is 86.6 Å². The third kappa shape index (κ3) is 3.21. The lowest BCUT2D eigenvalue weighted by molar-refractivity contribution is -0.140. The van der Waals surface area contributed by atoms with Crippen molar-refractivity contribution in [3.8, 4) is 5.75 Å². The molecular formula is C10H12FNO3. The molecule has 1 aromatic carbocycles. The zero-order chi connectivity index (χ0) is 11.3. The third-order valence-electron chi connectivity index (χ3n) is 2.03. The van der Waals surface area contributed by atoms with Crippen LogP contribution in [-0.4, -0.2) is 24.2 Å². The van der Waals surface area contributed by atoms with Crippen LogP contribution >= 0.6 is 0 Å². The van der Waals surface area contributed by atoms with Crippen molar-refractivity contribution in [2.75, 3.05) is 7.11 Å². The molecule has 0 amide bonds. The van der Waals surface area contributed by atoms with Gasteiger partial charge in [-0.05, 0) is 17.7 Å². The van der Waals surface area contributed by atoms with Gasteiger partial charge in [0, 0.05) is 6.42 Å². The summed E-state index contributed by atoms with van der Waals surface area (Å²) in [4.78, 5) is 10.5. The van der Waals surface area contributed by atoms with E-state index in [0.717, 1.165) is 5.56 Å². The van der Waals surface area contributed by atoms with Gasteiger partial charge in [-0.1, -0.05) is 12.1 Å². The van der Waals surface area contributed by atoms with Gasteiger partial charge in [0.25, 0.3) is 0 Å². The SMILES string of the molecule is COc1ccc(C[C@H](NF)C(=O)O)cc1. The van der Waals surface area contributed by atoms with Gasteiger partial charge < -0.3 is 9.84 Å². The van der Waals surface area contributed by atoms with Crippen LogP contribution in [0.25, 0.3) is 0 Å². The molecule has 1 rings (SSSR count). The molecule has 0 aliphatic heterocycles. The van der Waals surface area contributed by atoms with Crippen molar-refractivity contribution in [1.29, 1.82) is 0 Å². The van der Waals surface area contributed by atoms with E-state index in [-0.39, 0.29) is 6.42 Å². The van der Waals surface area contributed by atoms with E-state index in [1.54, 1.807) is 24.3 Å². The lowest BCUT2D eigenvalue weighted by Gasteiger charge is -2.08. The van der Waals surface area contributed by atoms with Crippen LogP contribution < -0.4 is 10.3 Å². The highest BCUT2D eigenvalue weighted by atomic mass is 19.2. The first-order chi connectivity index (χ1) is 7.17. The Bertz CT molecular complexity index is 326. The summed E-state index contributed by atoms with van der Waals surface area (Å²) in [6, 6.07) is 5.59. The Morgan fingerprint density at radius 1 is 1.53 bits per heavy atom.